The molecule has 1 aromatic carbocycles. The molecule has 5 nitrogen and oxygen atoms in total. The molecule has 0 amide bonds. The van der Waals surface area contributed by atoms with E-state index in [-0.39, 0.29) is 16.9 Å². The Morgan fingerprint density at radius 1 is 1.40 bits per heavy atom. The highest BCUT2D eigenvalue weighted by molar-refractivity contribution is 9.10. The smallest absolute Gasteiger partial charge is 0.241 e. The van der Waals surface area contributed by atoms with Gasteiger partial charge in [0.1, 0.15) is 0 Å². The van der Waals surface area contributed by atoms with Crippen molar-refractivity contribution in [3.63, 3.8) is 0 Å². The second kappa shape index (κ2) is 6.89. The van der Waals surface area contributed by atoms with Crippen LogP contribution in [0.5, 0.6) is 0 Å². The highest BCUT2D eigenvalue weighted by Crippen LogP contribution is 2.26. The number of nitrogens with two attached hydrogens (primary N) is 1. The van der Waals surface area contributed by atoms with Crippen LogP contribution in [0.4, 0.5) is 5.69 Å². The summed E-state index contributed by atoms with van der Waals surface area (Å²) in [6, 6.07) is 2.95. The number of benzene rings is 1. The van der Waals surface area contributed by atoms with Crippen LogP contribution in [0.25, 0.3) is 0 Å². The summed E-state index contributed by atoms with van der Waals surface area (Å²) in [5.41, 5.74) is 6.80. The van der Waals surface area contributed by atoms with Gasteiger partial charge in [-0.15, -0.1) is 0 Å². The molecule has 1 rings (SSSR count). The molecule has 0 fully saturated rings. The molecule has 0 aliphatic rings. The lowest BCUT2D eigenvalue weighted by Crippen LogP contribution is -2.41. The number of sulfonamides is 1. The molecule has 20 heavy (non-hydrogen) atoms. The van der Waals surface area contributed by atoms with E-state index in [2.05, 4.69) is 20.7 Å². The fourth-order valence-electron chi connectivity index (χ4n) is 1.76. The van der Waals surface area contributed by atoms with Gasteiger partial charge < -0.3 is 10.5 Å². The SMILES string of the molecule is COCC(NS(=O)(=O)c1cc(Br)cc(N)c1C)C(C)C. The number of nitrogens with one attached hydrogen (secondary N) is 1. The quantitative estimate of drug-likeness (QED) is 0.758. The van der Waals surface area contributed by atoms with E-state index < -0.39 is 10.0 Å². The highest BCUT2D eigenvalue weighted by Gasteiger charge is 2.24. The summed E-state index contributed by atoms with van der Waals surface area (Å²) in [5, 5.41) is 0. The summed E-state index contributed by atoms with van der Waals surface area (Å²) in [6.07, 6.45) is 0. The number of nitrogen functional groups attached to an aromatic ring is 1. The number of hydrogen-bond donors (Lipinski definition) is 2. The monoisotopic (exact) mass is 364 g/mol. The van der Waals surface area contributed by atoms with E-state index >= 15 is 0 Å². The summed E-state index contributed by atoms with van der Waals surface area (Å²) >= 11 is 3.27. The van der Waals surface area contributed by atoms with E-state index in [9.17, 15) is 8.42 Å². The third-order valence-electron chi connectivity index (χ3n) is 3.11. The minimum atomic E-state index is -3.64. The molecule has 0 saturated carbocycles. The molecule has 1 unspecified atom stereocenters. The zero-order valence-corrected chi connectivity index (χ0v) is 14.5. The first-order chi connectivity index (χ1) is 9.19. The fourth-order valence-corrected chi connectivity index (χ4v) is 4.05. The van der Waals surface area contributed by atoms with E-state index in [0.717, 1.165) is 0 Å². The molecule has 0 aromatic heterocycles. The molecule has 0 aliphatic carbocycles. The lowest BCUT2D eigenvalue weighted by Gasteiger charge is -2.22. The van der Waals surface area contributed by atoms with Gasteiger partial charge in [-0.25, -0.2) is 13.1 Å². The number of halogens is 1. The Morgan fingerprint density at radius 2 is 2.00 bits per heavy atom. The first kappa shape index (κ1) is 17.4. The average molecular weight is 365 g/mol. The van der Waals surface area contributed by atoms with Gasteiger partial charge in [-0.05, 0) is 30.5 Å². The third-order valence-corrected chi connectivity index (χ3v) is 5.19. The van der Waals surface area contributed by atoms with Crippen LogP contribution in [0.15, 0.2) is 21.5 Å². The van der Waals surface area contributed by atoms with Gasteiger partial charge in [0.25, 0.3) is 0 Å². The number of anilines is 1. The van der Waals surface area contributed by atoms with Gasteiger partial charge in [0.05, 0.1) is 11.5 Å². The predicted octanol–water partition coefficient (Wildman–Crippen LogP) is 2.29. The van der Waals surface area contributed by atoms with Gasteiger partial charge >= 0.3 is 0 Å². The summed E-state index contributed by atoms with van der Waals surface area (Å²) in [5.74, 6) is 0.120. The molecule has 0 aliphatic heterocycles. The van der Waals surface area contributed by atoms with Gasteiger partial charge in [-0.3, -0.25) is 0 Å². The number of rotatable bonds is 6. The maximum Gasteiger partial charge on any atom is 0.241 e. The van der Waals surface area contributed by atoms with Crippen molar-refractivity contribution < 1.29 is 13.2 Å². The zero-order chi connectivity index (χ0) is 15.5. The Hall–Kier alpha value is -0.630. The molecule has 3 N–H and O–H groups in total. The summed E-state index contributed by atoms with van der Waals surface area (Å²) in [7, 11) is -2.09. The van der Waals surface area contributed by atoms with E-state index in [0.29, 0.717) is 22.3 Å². The minimum Gasteiger partial charge on any atom is -0.398 e. The standard InChI is InChI=1S/C13H21BrN2O3S/c1-8(2)12(7-19-4)16-20(17,18)13-6-10(14)5-11(15)9(13)3/h5-6,8,12,16H,7,15H2,1-4H3. The molecule has 1 atom stereocenters. The zero-order valence-electron chi connectivity index (χ0n) is 12.1. The Labute approximate surface area is 129 Å². The molecule has 114 valence electrons. The van der Waals surface area contributed by atoms with E-state index in [4.69, 9.17) is 10.5 Å². The Kier molecular flexibility index (Phi) is 6.00. The number of ether oxygens (including phenoxy) is 1. The van der Waals surface area contributed by atoms with Crippen molar-refractivity contribution in [3.8, 4) is 0 Å². The first-order valence-electron chi connectivity index (χ1n) is 6.26. The lowest BCUT2D eigenvalue weighted by atomic mass is 10.1. The summed E-state index contributed by atoms with van der Waals surface area (Å²) in [6.45, 7) is 5.89. The molecule has 0 spiro atoms. The second-order valence-electron chi connectivity index (χ2n) is 5.05. The normalized spacial score (nSPS) is 13.7. The minimum absolute atomic E-state index is 0.120. The van der Waals surface area contributed by atoms with Gasteiger partial charge in [0.15, 0.2) is 0 Å². The van der Waals surface area contributed by atoms with E-state index in [1.807, 2.05) is 13.8 Å². The van der Waals surface area contributed by atoms with Crippen molar-refractivity contribution >= 4 is 31.6 Å². The van der Waals surface area contributed by atoms with Crippen molar-refractivity contribution in [3.05, 3.63) is 22.2 Å². The first-order valence-corrected chi connectivity index (χ1v) is 8.53. The van der Waals surface area contributed by atoms with Crippen molar-refractivity contribution in [2.45, 2.75) is 31.7 Å². The summed E-state index contributed by atoms with van der Waals surface area (Å²) < 4.78 is 33.4. The molecular formula is C13H21BrN2O3S. The van der Waals surface area contributed by atoms with Gasteiger partial charge in [-0.2, -0.15) is 0 Å². The van der Waals surface area contributed by atoms with Crippen LogP contribution in [0, 0.1) is 12.8 Å². The number of methoxy groups -OCH3 is 1. The topological polar surface area (TPSA) is 81.4 Å². The van der Waals surface area contributed by atoms with Crippen LogP contribution in [0.3, 0.4) is 0 Å². The predicted molar refractivity (Wildman–Crippen MR) is 84.1 cm³/mol. The molecule has 0 saturated heterocycles. The van der Waals surface area contributed by atoms with Crippen LogP contribution in [-0.4, -0.2) is 28.2 Å². The highest BCUT2D eigenvalue weighted by atomic mass is 79.9. The van der Waals surface area contributed by atoms with Crippen molar-refractivity contribution in [2.75, 3.05) is 19.5 Å². The Bertz CT molecular complexity index is 573. The van der Waals surface area contributed by atoms with Crippen LogP contribution >= 0.6 is 15.9 Å². The van der Waals surface area contributed by atoms with Crippen LogP contribution < -0.4 is 10.5 Å². The van der Waals surface area contributed by atoms with Crippen molar-refractivity contribution in [2.24, 2.45) is 5.92 Å². The Morgan fingerprint density at radius 3 is 2.50 bits per heavy atom. The maximum absolute atomic E-state index is 12.5. The Balaban J connectivity index is 3.17. The molecular weight excluding hydrogens is 344 g/mol. The molecule has 7 heteroatoms. The number of hydrogen-bond acceptors (Lipinski definition) is 4. The van der Waals surface area contributed by atoms with Crippen LogP contribution in [0.2, 0.25) is 0 Å². The second-order valence-corrected chi connectivity index (χ2v) is 7.64. The summed E-state index contributed by atoms with van der Waals surface area (Å²) in [4.78, 5) is 0.186. The van der Waals surface area contributed by atoms with Gasteiger partial charge in [0, 0.05) is 23.3 Å². The largest absolute Gasteiger partial charge is 0.398 e. The molecule has 0 heterocycles. The van der Waals surface area contributed by atoms with Crippen LogP contribution in [0.1, 0.15) is 19.4 Å². The molecule has 0 bridgehead atoms. The van der Waals surface area contributed by atoms with E-state index in [1.54, 1.807) is 26.2 Å². The maximum atomic E-state index is 12.5. The third kappa shape index (κ3) is 4.18. The van der Waals surface area contributed by atoms with Gasteiger partial charge in [0.2, 0.25) is 10.0 Å². The van der Waals surface area contributed by atoms with Crippen molar-refractivity contribution in [1.29, 1.82) is 0 Å². The van der Waals surface area contributed by atoms with Crippen LogP contribution in [-0.2, 0) is 14.8 Å². The lowest BCUT2D eigenvalue weighted by molar-refractivity contribution is 0.157. The molecule has 1 aromatic rings. The molecule has 0 radical (unpaired) electrons. The van der Waals surface area contributed by atoms with Gasteiger partial charge in [-0.1, -0.05) is 29.8 Å². The fraction of sp³-hybridized carbons (Fsp3) is 0.538. The average Bonchev–Trinajstić information content (AvgIpc) is 2.32. The van der Waals surface area contributed by atoms with Crippen molar-refractivity contribution in [1.82, 2.24) is 4.72 Å². The van der Waals surface area contributed by atoms with E-state index in [1.165, 1.54) is 0 Å².